The third-order valence-corrected chi connectivity index (χ3v) is 5.46. The molecule has 5 rings (SSSR count). The monoisotopic (exact) mass is 350 g/mol. The predicted molar refractivity (Wildman–Crippen MR) is 98.1 cm³/mol. The minimum atomic E-state index is 0.386. The normalized spacial score (nSPS) is 11.5. The van der Waals surface area contributed by atoms with Gasteiger partial charge >= 0.3 is 0 Å². The molecule has 0 radical (unpaired) electrons. The minimum absolute atomic E-state index is 0.386. The van der Waals surface area contributed by atoms with E-state index in [0.29, 0.717) is 11.4 Å². The van der Waals surface area contributed by atoms with E-state index in [0.717, 1.165) is 38.1 Å². The molecule has 5 nitrogen and oxygen atoms in total. The largest absolute Gasteiger partial charge is 0.452 e. The Bertz CT molecular complexity index is 1170. The Balaban J connectivity index is 1.79. The second kappa shape index (κ2) is 5.12. The maximum absolute atomic E-state index is 6.06. The quantitative estimate of drug-likeness (QED) is 0.494. The van der Waals surface area contributed by atoms with Crippen LogP contribution >= 0.6 is 22.7 Å². The zero-order valence-electron chi connectivity index (χ0n) is 12.3. The molecule has 5 aromatic heterocycles. The van der Waals surface area contributed by atoms with Gasteiger partial charge in [-0.25, -0.2) is 9.97 Å². The van der Waals surface area contributed by atoms with Crippen molar-refractivity contribution in [3.63, 3.8) is 0 Å². The van der Waals surface area contributed by atoms with Crippen LogP contribution in [0.1, 0.15) is 0 Å². The highest BCUT2D eigenvalue weighted by molar-refractivity contribution is 7.17. The van der Waals surface area contributed by atoms with Crippen molar-refractivity contribution in [2.75, 3.05) is 5.73 Å². The van der Waals surface area contributed by atoms with Crippen LogP contribution in [0.2, 0.25) is 0 Å². The first-order chi connectivity index (χ1) is 11.8. The second-order valence-corrected chi connectivity index (χ2v) is 6.94. The first-order valence-corrected chi connectivity index (χ1v) is 9.01. The van der Waals surface area contributed by atoms with Crippen LogP contribution in [0, 0.1) is 0 Å². The van der Waals surface area contributed by atoms with Gasteiger partial charge in [0.2, 0.25) is 0 Å². The number of pyridine rings is 2. The smallest absolute Gasteiger partial charge is 0.177 e. The van der Waals surface area contributed by atoms with Gasteiger partial charge in [-0.3, -0.25) is 4.98 Å². The summed E-state index contributed by atoms with van der Waals surface area (Å²) in [7, 11) is 0. The average molecular weight is 350 g/mol. The lowest BCUT2D eigenvalue weighted by molar-refractivity contribution is 0.632. The number of hydrogen-bond donors (Lipinski definition) is 1. The summed E-state index contributed by atoms with van der Waals surface area (Å²) >= 11 is 3.19. The van der Waals surface area contributed by atoms with Crippen molar-refractivity contribution in [2.24, 2.45) is 0 Å². The Morgan fingerprint density at radius 3 is 2.88 bits per heavy atom. The zero-order chi connectivity index (χ0) is 16.1. The molecule has 0 spiro atoms. The molecule has 0 atom stereocenters. The molecule has 7 heteroatoms. The maximum Gasteiger partial charge on any atom is 0.177 e. The minimum Gasteiger partial charge on any atom is -0.452 e. The van der Waals surface area contributed by atoms with E-state index in [1.54, 1.807) is 40.6 Å². The fourth-order valence-electron chi connectivity index (χ4n) is 2.80. The molecule has 0 unspecified atom stereocenters. The van der Waals surface area contributed by atoms with E-state index >= 15 is 0 Å². The van der Waals surface area contributed by atoms with Gasteiger partial charge in [0.15, 0.2) is 11.4 Å². The van der Waals surface area contributed by atoms with Crippen LogP contribution < -0.4 is 5.73 Å². The molecule has 0 aliphatic heterocycles. The Kier molecular flexibility index (Phi) is 2.91. The maximum atomic E-state index is 6.06. The van der Waals surface area contributed by atoms with Crippen molar-refractivity contribution in [2.45, 2.75) is 0 Å². The first-order valence-electron chi connectivity index (χ1n) is 7.19. The molecule has 0 bridgehead atoms. The number of thiazole rings is 1. The van der Waals surface area contributed by atoms with Crippen molar-refractivity contribution in [3.8, 4) is 22.6 Å². The molecule has 2 N–H and O–H groups in total. The van der Waals surface area contributed by atoms with Crippen LogP contribution in [-0.4, -0.2) is 15.0 Å². The highest BCUT2D eigenvalue weighted by Crippen LogP contribution is 2.40. The summed E-state index contributed by atoms with van der Waals surface area (Å²) in [6.45, 7) is 0. The number of rotatable bonds is 2. The lowest BCUT2D eigenvalue weighted by atomic mass is 10.1. The lowest BCUT2D eigenvalue weighted by Crippen LogP contribution is -1.91. The summed E-state index contributed by atoms with van der Waals surface area (Å²) in [5.74, 6) is 1.16. The van der Waals surface area contributed by atoms with Crippen LogP contribution in [0.3, 0.4) is 0 Å². The second-order valence-electron chi connectivity index (χ2n) is 5.31. The highest BCUT2D eigenvalue weighted by Gasteiger charge is 2.17. The summed E-state index contributed by atoms with van der Waals surface area (Å²) in [4.78, 5) is 12.8. The number of fused-ring (bicyclic) bond motifs is 2. The van der Waals surface area contributed by atoms with E-state index in [4.69, 9.17) is 10.2 Å². The Labute approximate surface area is 144 Å². The van der Waals surface area contributed by atoms with Crippen molar-refractivity contribution in [1.82, 2.24) is 15.0 Å². The molecule has 5 aromatic rings. The van der Waals surface area contributed by atoms with Crippen molar-refractivity contribution >= 4 is 49.5 Å². The summed E-state index contributed by atoms with van der Waals surface area (Å²) in [5.41, 5.74) is 11.3. The molecular weight excluding hydrogens is 340 g/mol. The van der Waals surface area contributed by atoms with Gasteiger partial charge in [0.1, 0.15) is 5.76 Å². The number of furan rings is 1. The molecule has 0 aromatic carbocycles. The predicted octanol–water partition coefficient (Wildman–Crippen LogP) is 4.81. The number of nitrogens with two attached hydrogens (primary N) is 1. The molecule has 0 saturated heterocycles. The zero-order valence-corrected chi connectivity index (χ0v) is 13.9. The fraction of sp³-hybridized carbons (Fsp3) is 0. The van der Waals surface area contributed by atoms with Crippen LogP contribution in [-0.2, 0) is 0 Å². The van der Waals surface area contributed by atoms with Crippen molar-refractivity contribution < 1.29 is 4.42 Å². The highest BCUT2D eigenvalue weighted by atomic mass is 32.1. The first kappa shape index (κ1) is 13.6. The van der Waals surface area contributed by atoms with E-state index in [-0.39, 0.29) is 0 Å². The van der Waals surface area contributed by atoms with Gasteiger partial charge in [-0.2, -0.15) is 0 Å². The van der Waals surface area contributed by atoms with Gasteiger partial charge in [0, 0.05) is 51.3 Å². The van der Waals surface area contributed by atoms with E-state index in [2.05, 4.69) is 20.3 Å². The van der Waals surface area contributed by atoms with Crippen LogP contribution in [0.25, 0.3) is 43.6 Å². The molecule has 0 saturated carbocycles. The SMILES string of the molecule is Nc1ncc(-c2cscn2)c2cc(-c3csc4cnccc34)oc12. The van der Waals surface area contributed by atoms with E-state index in [1.807, 2.05) is 23.7 Å². The molecule has 5 heterocycles. The van der Waals surface area contributed by atoms with Gasteiger partial charge in [0.05, 0.1) is 15.9 Å². The number of anilines is 1. The van der Waals surface area contributed by atoms with Gasteiger partial charge in [0.25, 0.3) is 0 Å². The summed E-state index contributed by atoms with van der Waals surface area (Å²) in [5, 5.41) is 6.12. The molecular formula is C17H10N4OS2. The number of hydrogen-bond acceptors (Lipinski definition) is 7. The van der Waals surface area contributed by atoms with Crippen LogP contribution in [0.4, 0.5) is 5.82 Å². The fourth-order valence-corrected chi connectivity index (χ4v) is 4.27. The van der Waals surface area contributed by atoms with E-state index < -0.39 is 0 Å². The third-order valence-electron chi connectivity index (χ3n) is 3.94. The standard InChI is InChI=1S/C17H10N4OS2/c18-17-16-10(11(4-20-17)13-7-23-8-21-13)3-14(22-16)12-6-24-15-5-19-2-1-9(12)15/h1-8H,(H2,18,20). The van der Waals surface area contributed by atoms with Gasteiger partial charge in [-0.15, -0.1) is 22.7 Å². The topological polar surface area (TPSA) is 77.8 Å². The Hall–Kier alpha value is -2.77. The molecule has 116 valence electrons. The molecule has 0 fully saturated rings. The van der Waals surface area contributed by atoms with Crippen LogP contribution in [0.5, 0.6) is 0 Å². The van der Waals surface area contributed by atoms with E-state index in [1.165, 1.54) is 0 Å². The van der Waals surface area contributed by atoms with Crippen molar-refractivity contribution in [3.05, 3.63) is 47.0 Å². The van der Waals surface area contributed by atoms with Gasteiger partial charge < -0.3 is 10.2 Å². The number of nitrogens with zero attached hydrogens (tertiary/aromatic N) is 3. The Morgan fingerprint density at radius 1 is 1.04 bits per heavy atom. The molecule has 0 aliphatic carbocycles. The van der Waals surface area contributed by atoms with Crippen molar-refractivity contribution in [1.29, 1.82) is 0 Å². The Morgan fingerprint density at radius 2 is 2.00 bits per heavy atom. The van der Waals surface area contributed by atoms with Crippen LogP contribution in [0.15, 0.2) is 51.4 Å². The van der Waals surface area contributed by atoms with E-state index in [9.17, 15) is 0 Å². The third kappa shape index (κ3) is 1.95. The summed E-state index contributed by atoms with van der Waals surface area (Å²) < 4.78 is 7.19. The van der Waals surface area contributed by atoms with Gasteiger partial charge in [-0.05, 0) is 12.1 Å². The number of nitrogen functional groups attached to an aromatic ring is 1. The van der Waals surface area contributed by atoms with Gasteiger partial charge in [-0.1, -0.05) is 0 Å². The molecule has 0 aliphatic rings. The number of aromatic nitrogens is 3. The molecule has 24 heavy (non-hydrogen) atoms. The molecule has 0 amide bonds. The summed E-state index contributed by atoms with van der Waals surface area (Å²) in [6.07, 6.45) is 5.41. The number of thiophene rings is 1. The average Bonchev–Trinajstić information content (AvgIpc) is 3.34. The summed E-state index contributed by atoms with van der Waals surface area (Å²) in [6, 6.07) is 4.02. The lowest BCUT2D eigenvalue weighted by Gasteiger charge is -1.99.